The molecule has 0 spiro atoms. The van der Waals surface area contributed by atoms with Gasteiger partial charge < -0.3 is 4.74 Å². The van der Waals surface area contributed by atoms with Crippen LogP contribution in [0.15, 0.2) is 11.3 Å². The van der Waals surface area contributed by atoms with Gasteiger partial charge in [-0.15, -0.1) is 0 Å². The SMILES string of the molecule is CC1CC(=O)C2=C(C1)O[C@]1(C)CC[C@H]3C(C)(C)CCC[C@]3(C)[C@H]1C2. The van der Waals surface area contributed by atoms with E-state index in [0.29, 0.717) is 28.4 Å². The molecule has 1 unspecified atom stereocenters. The Labute approximate surface area is 147 Å². The molecule has 2 fully saturated rings. The largest absolute Gasteiger partial charge is 0.491 e. The molecule has 0 radical (unpaired) electrons. The number of carbonyl (C=O) groups excluding carboxylic acids is 1. The Kier molecular flexibility index (Phi) is 3.55. The lowest BCUT2D eigenvalue weighted by molar-refractivity contribution is -0.187. The van der Waals surface area contributed by atoms with E-state index in [1.165, 1.54) is 25.7 Å². The van der Waals surface area contributed by atoms with Gasteiger partial charge in [0.1, 0.15) is 11.4 Å². The maximum absolute atomic E-state index is 12.7. The minimum Gasteiger partial charge on any atom is -0.491 e. The van der Waals surface area contributed by atoms with Crippen molar-refractivity contribution in [2.24, 2.45) is 28.6 Å². The maximum atomic E-state index is 12.7. The van der Waals surface area contributed by atoms with Gasteiger partial charge in [0.15, 0.2) is 5.78 Å². The van der Waals surface area contributed by atoms with Crippen LogP contribution >= 0.6 is 0 Å². The quantitative estimate of drug-likeness (QED) is 0.573. The number of allylic oxidation sites excluding steroid dienone is 2. The Morgan fingerprint density at radius 1 is 0.958 bits per heavy atom. The van der Waals surface area contributed by atoms with E-state index in [4.69, 9.17) is 4.74 Å². The molecular formula is C22H34O2. The number of hydrogen-bond acceptors (Lipinski definition) is 2. The van der Waals surface area contributed by atoms with Gasteiger partial charge >= 0.3 is 0 Å². The lowest BCUT2D eigenvalue weighted by atomic mass is 9.44. The van der Waals surface area contributed by atoms with Gasteiger partial charge in [-0.3, -0.25) is 4.79 Å². The van der Waals surface area contributed by atoms with Gasteiger partial charge in [0.05, 0.1) is 0 Å². The Bertz CT molecular complexity index is 601. The third-order valence-corrected chi connectivity index (χ3v) is 8.24. The van der Waals surface area contributed by atoms with Crippen LogP contribution in [0, 0.1) is 28.6 Å². The predicted molar refractivity (Wildman–Crippen MR) is 96.5 cm³/mol. The molecule has 1 aliphatic heterocycles. The number of hydrogen-bond donors (Lipinski definition) is 0. The summed E-state index contributed by atoms with van der Waals surface area (Å²) in [4.78, 5) is 12.7. The molecule has 2 heteroatoms. The van der Waals surface area contributed by atoms with E-state index in [1.807, 2.05) is 0 Å². The van der Waals surface area contributed by atoms with Gasteiger partial charge in [-0.1, -0.05) is 34.1 Å². The molecule has 2 saturated carbocycles. The fraction of sp³-hybridized carbons (Fsp3) is 0.864. The van der Waals surface area contributed by atoms with Crippen molar-refractivity contribution >= 4 is 5.78 Å². The molecule has 0 aromatic heterocycles. The number of rotatable bonds is 0. The molecule has 3 aliphatic carbocycles. The second-order valence-corrected chi connectivity index (χ2v) is 10.4. The Morgan fingerprint density at radius 2 is 1.71 bits per heavy atom. The van der Waals surface area contributed by atoms with Crippen molar-refractivity contribution in [3.8, 4) is 0 Å². The summed E-state index contributed by atoms with van der Waals surface area (Å²) < 4.78 is 6.66. The van der Waals surface area contributed by atoms with Crippen molar-refractivity contribution in [1.29, 1.82) is 0 Å². The first-order valence-corrected chi connectivity index (χ1v) is 10.1. The van der Waals surface area contributed by atoms with Gasteiger partial charge in [0, 0.05) is 24.3 Å². The second kappa shape index (κ2) is 5.11. The van der Waals surface area contributed by atoms with Crippen LogP contribution in [0.4, 0.5) is 0 Å². The number of ether oxygens (including phenoxy) is 1. The molecule has 0 saturated heterocycles. The summed E-state index contributed by atoms with van der Waals surface area (Å²) in [7, 11) is 0. The molecular weight excluding hydrogens is 296 g/mol. The van der Waals surface area contributed by atoms with Crippen molar-refractivity contribution in [2.75, 3.05) is 0 Å². The first-order valence-electron chi connectivity index (χ1n) is 10.1. The number of ketones is 1. The predicted octanol–water partition coefficient (Wildman–Crippen LogP) is 5.66. The summed E-state index contributed by atoms with van der Waals surface area (Å²) in [5.41, 5.74) is 1.74. The van der Waals surface area contributed by atoms with Gasteiger partial charge in [0.2, 0.25) is 0 Å². The van der Waals surface area contributed by atoms with E-state index in [-0.39, 0.29) is 5.60 Å². The molecule has 0 aromatic carbocycles. The number of fused-ring (bicyclic) bond motifs is 3. The summed E-state index contributed by atoms with van der Waals surface area (Å²) in [6.07, 6.45) is 9.07. The summed E-state index contributed by atoms with van der Waals surface area (Å²) in [6.45, 7) is 12.0. The normalized spacial score (nSPS) is 47.4. The van der Waals surface area contributed by atoms with Crippen molar-refractivity contribution < 1.29 is 9.53 Å². The van der Waals surface area contributed by atoms with Crippen LogP contribution < -0.4 is 0 Å². The Hall–Kier alpha value is -0.790. The van der Waals surface area contributed by atoms with Crippen LogP contribution in [-0.4, -0.2) is 11.4 Å². The topological polar surface area (TPSA) is 26.3 Å². The number of carbonyl (C=O) groups is 1. The lowest BCUT2D eigenvalue weighted by Gasteiger charge is -2.63. The third kappa shape index (κ3) is 2.24. The van der Waals surface area contributed by atoms with E-state index in [9.17, 15) is 4.79 Å². The molecule has 1 heterocycles. The zero-order chi connectivity index (χ0) is 17.3. The maximum Gasteiger partial charge on any atom is 0.162 e. The summed E-state index contributed by atoms with van der Waals surface area (Å²) in [5.74, 6) is 3.12. The first-order chi connectivity index (χ1) is 11.2. The highest BCUT2D eigenvalue weighted by Gasteiger charge is 2.61. The van der Waals surface area contributed by atoms with Gasteiger partial charge in [-0.2, -0.15) is 0 Å². The Balaban J connectivity index is 1.74. The summed E-state index contributed by atoms with van der Waals surface area (Å²) in [6, 6.07) is 0. The highest BCUT2D eigenvalue weighted by molar-refractivity contribution is 5.97. The van der Waals surface area contributed by atoms with Crippen LogP contribution in [0.25, 0.3) is 0 Å². The fourth-order valence-electron chi connectivity index (χ4n) is 7.10. The van der Waals surface area contributed by atoms with Crippen molar-refractivity contribution in [3.05, 3.63) is 11.3 Å². The van der Waals surface area contributed by atoms with Crippen LogP contribution in [0.2, 0.25) is 0 Å². The molecule has 0 aromatic rings. The van der Waals surface area contributed by atoms with Crippen LogP contribution in [0.1, 0.15) is 86.0 Å². The molecule has 0 N–H and O–H groups in total. The average Bonchev–Trinajstić information content (AvgIpc) is 2.44. The van der Waals surface area contributed by atoms with E-state index in [0.717, 1.165) is 42.9 Å². The lowest BCUT2D eigenvalue weighted by Crippen LogP contribution is -2.60. The minimum atomic E-state index is -0.0607. The molecule has 0 bridgehead atoms. The average molecular weight is 331 g/mol. The molecule has 4 aliphatic rings. The van der Waals surface area contributed by atoms with Crippen LogP contribution in [-0.2, 0) is 9.53 Å². The highest BCUT2D eigenvalue weighted by Crippen LogP contribution is 2.65. The zero-order valence-electron chi connectivity index (χ0n) is 16.2. The van der Waals surface area contributed by atoms with Crippen molar-refractivity contribution in [1.82, 2.24) is 0 Å². The van der Waals surface area contributed by atoms with Gasteiger partial charge in [-0.25, -0.2) is 0 Å². The van der Waals surface area contributed by atoms with Crippen molar-refractivity contribution in [3.63, 3.8) is 0 Å². The minimum absolute atomic E-state index is 0.0607. The molecule has 4 rings (SSSR count). The third-order valence-electron chi connectivity index (χ3n) is 8.24. The van der Waals surface area contributed by atoms with Gasteiger partial charge in [0.25, 0.3) is 0 Å². The molecule has 5 atom stereocenters. The van der Waals surface area contributed by atoms with E-state index < -0.39 is 0 Å². The van der Waals surface area contributed by atoms with E-state index in [2.05, 4.69) is 34.6 Å². The smallest absolute Gasteiger partial charge is 0.162 e. The second-order valence-electron chi connectivity index (χ2n) is 10.4. The monoisotopic (exact) mass is 330 g/mol. The van der Waals surface area contributed by atoms with Crippen molar-refractivity contribution in [2.45, 2.75) is 91.6 Å². The molecule has 24 heavy (non-hydrogen) atoms. The number of Topliss-reactive ketones (excluding diaryl/α,β-unsaturated/α-hetero) is 1. The molecule has 0 amide bonds. The standard InChI is InChI=1S/C22H34O2/c1-14-11-16(23)15-13-19-21(4)9-6-8-20(2,3)18(21)7-10-22(19,5)24-17(15)12-14/h14,18-19H,6-13H2,1-5H3/t14?,18-,19+,21-,22+/m0/s1. The van der Waals surface area contributed by atoms with E-state index >= 15 is 0 Å². The molecule has 2 nitrogen and oxygen atoms in total. The van der Waals surface area contributed by atoms with Crippen LogP contribution in [0.5, 0.6) is 0 Å². The zero-order valence-corrected chi connectivity index (χ0v) is 16.2. The van der Waals surface area contributed by atoms with E-state index in [1.54, 1.807) is 0 Å². The Morgan fingerprint density at radius 3 is 2.46 bits per heavy atom. The van der Waals surface area contributed by atoms with Crippen LogP contribution in [0.3, 0.4) is 0 Å². The first kappa shape index (κ1) is 16.7. The highest BCUT2D eigenvalue weighted by atomic mass is 16.5. The van der Waals surface area contributed by atoms with Gasteiger partial charge in [-0.05, 0) is 61.7 Å². The molecule has 134 valence electrons. The summed E-state index contributed by atoms with van der Waals surface area (Å²) in [5, 5.41) is 0. The fourth-order valence-corrected chi connectivity index (χ4v) is 7.10. The summed E-state index contributed by atoms with van der Waals surface area (Å²) >= 11 is 0.